The van der Waals surface area contributed by atoms with Gasteiger partial charge in [0.25, 0.3) is 10.0 Å². The Kier molecular flexibility index (Phi) is 8.69. The molecule has 0 spiro atoms. The zero-order valence-electron chi connectivity index (χ0n) is 20.9. The van der Waals surface area contributed by atoms with Crippen molar-refractivity contribution < 1.29 is 13.2 Å². The number of anilines is 2. The van der Waals surface area contributed by atoms with E-state index in [4.69, 9.17) is 0 Å². The fourth-order valence-corrected chi connectivity index (χ4v) is 6.37. The minimum atomic E-state index is -3.95. The average Bonchev–Trinajstić information content (AvgIpc) is 2.93. The van der Waals surface area contributed by atoms with Crippen molar-refractivity contribution >= 4 is 39.1 Å². The Morgan fingerprint density at radius 3 is 2.19 bits per heavy atom. The second kappa shape index (κ2) is 12.1. The molecule has 5 nitrogen and oxygen atoms in total. The van der Waals surface area contributed by atoms with Gasteiger partial charge in [-0.15, -0.1) is 11.8 Å². The molecule has 190 valence electrons. The van der Waals surface area contributed by atoms with Crippen LogP contribution in [0.15, 0.2) is 113 Å². The van der Waals surface area contributed by atoms with Gasteiger partial charge in [-0.05, 0) is 66.4 Å². The van der Waals surface area contributed by atoms with Gasteiger partial charge in [-0.2, -0.15) is 0 Å². The maximum absolute atomic E-state index is 13.6. The lowest BCUT2D eigenvalue weighted by atomic mass is 10.1. The maximum atomic E-state index is 13.6. The van der Waals surface area contributed by atoms with Gasteiger partial charge in [-0.1, -0.05) is 73.7 Å². The third kappa shape index (κ3) is 6.61. The first-order valence-electron chi connectivity index (χ1n) is 12.1. The van der Waals surface area contributed by atoms with E-state index < -0.39 is 15.9 Å². The van der Waals surface area contributed by atoms with Crippen molar-refractivity contribution in [3.05, 3.63) is 120 Å². The Hall–Kier alpha value is -3.55. The van der Waals surface area contributed by atoms with E-state index in [0.29, 0.717) is 17.8 Å². The molecule has 7 heteroatoms. The summed E-state index contributed by atoms with van der Waals surface area (Å²) in [6.45, 7) is 3.57. The SMILES string of the molecule is CCc1ccccc1N(CC(=O)Nc1ccc(CSc2ccccc2)cc1C)S(=O)(=O)c1ccccc1. The normalized spacial score (nSPS) is 11.2. The van der Waals surface area contributed by atoms with Gasteiger partial charge in [-0.25, -0.2) is 8.42 Å². The molecule has 0 saturated heterocycles. The molecule has 1 N–H and O–H groups in total. The number of nitrogens with zero attached hydrogens (tertiary/aromatic N) is 1. The van der Waals surface area contributed by atoms with E-state index in [1.165, 1.54) is 9.20 Å². The molecule has 0 atom stereocenters. The van der Waals surface area contributed by atoms with Gasteiger partial charge in [0.05, 0.1) is 10.6 Å². The molecule has 0 heterocycles. The molecular formula is C30H30N2O3S2. The summed E-state index contributed by atoms with van der Waals surface area (Å²) < 4.78 is 28.5. The molecule has 37 heavy (non-hydrogen) atoms. The molecule has 0 aliphatic rings. The van der Waals surface area contributed by atoms with Crippen LogP contribution in [0.2, 0.25) is 0 Å². The minimum Gasteiger partial charge on any atom is -0.324 e. The number of rotatable bonds is 10. The topological polar surface area (TPSA) is 66.5 Å². The number of para-hydroxylation sites is 1. The van der Waals surface area contributed by atoms with Crippen LogP contribution in [-0.2, 0) is 27.0 Å². The smallest absolute Gasteiger partial charge is 0.264 e. The quantitative estimate of drug-likeness (QED) is 0.232. The van der Waals surface area contributed by atoms with Crippen LogP contribution in [0, 0.1) is 6.92 Å². The summed E-state index contributed by atoms with van der Waals surface area (Å²) in [4.78, 5) is 14.5. The molecule has 0 aliphatic carbocycles. The molecule has 0 radical (unpaired) electrons. The molecule has 1 amide bonds. The van der Waals surface area contributed by atoms with Gasteiger partial charge in [0, 0.05) is 16.3 Å². The Morgan fingerprint density at radius 2 is 1.51 bits per heavy atom. The third-order valence-corrected chi connectivity index (χ3v) is 8.83. The van der Waals surface area contributed by atoms with Gasteiger partial charge in [0.1, 0.15) is 6.54 Å². The number of amides is 1. The number of sulfonamides is 1. The highest BCUT2D eigenvalue weighted by Crippen LogP contribution is 2.28. The minimum absolute atomic E-state index is 0.144. The zero-order valence-corrected chi connectivity index (χ0v) is 22.6. The lowest BCUT2D eigenvalue weighted by Gasteiger charge is -2.26. The van der Waals surface area contributed by atoms with Crippen molar-refractivity contribution in [2.75, 3.05) is 16.2 Å². The van der Waals surface area contributed by atoms with Crippen LogP contribution < -0.4 is 9.62 Å². The first-order valence-corrected chi connectivity index (χ1v) is 14.5. The number of aryl methyl sites for hydroxylation is 2. The monoisotopic (exact) mass is 530 g/mol. The van der Waals surface area contributed by atoms with E-state index in [1.54, 1.807) is 54.2 Å². The number of hydrogen-bond acceptors (Lipinski definition) is 4. The highest BCUT2D eigenvalue weighted by atomic mass is 32.2. The Balaban J connectivity index is 1.54. The van der Waals surface area contributed by atoms with E-state index in [2.05, 4.69) is 23.5 Å². The summed E-state index contributed by atoms with van der Waals surface area (Å²) in [5.41, 5.74) is 4.10. The summed E-state index contributed by atoms with van der Waals surface area (Å²) in [5, 5.41) is 2.92. The predicted octanol–water partition coefficient (Wildman–Crippen LogP) is 6.68. The van der Waals surface area contributed by atoms with Crippen LogP contribution in [0.3, 0.4) is 0 Å². The van der Waals surface area contributed by atoms with Crippen LogP contribution >= 0.6 is 11.8 Å². The van der Waals surface area contributed by atoms with E-state index in [1.807, 2.05) is 56.3 Å². The molecule has 4 rings (SSSR count). The molecule has 0 aliphatic heterocycles. The fraction of sp³-hybridized carbons (Fsp3) is 0.167. The maximum Gasteiger partial charge on any atom is 0.264 e. The van der Waals surface area contributed by atoms with Crippen LogP contribution in [0.25, 0.3) is 0 Å². The van der Waals surface area contributed by atoms with Crippen molar-refractivity contribution in [1.29, 1.82) is 0 Å². The number of hydrogen-bond donors (Lipinski definition) is 1. The summed E-state index contributed by atoms with van der Waals surface area (Å²) in [6.07, 6.45) is 0.639. The molecule has 0 fully saturated rings. The van der Waals surface area contributed by atoms with Gasteiger partial charge < -0.3 is 5.32 Å². The Labute approximate surface area is 223 Å². The molecule has 0 unspecified atom stereocenters. The number of thioether (sulfide) groups is 1. The summed E-state index contributed by atoms with van der Waals surface area (Å²) >= 11 is 1.75. The molecule has 4 aromatic rings. The number of nitrogens with one attached hydrogen (secondary N) is 1. The number of carbonyl (C=O) groups excluding carboxylic acids is 1. The zero-order chi connectivity index (χ0) is 26.3. The highest BCUT2D eigenvalue weighted by Gasteiger charge is 2.28. The van der Waals surface area contributed by atoms with Crippen molar-refractivity contribution in [1.82, 2.24) is 0 Å². The van der Waals surface area contributed by atoms with Crippen molar-refractivity contribution in [2.24, 2.45) is 0 Å². The number of benzene rings is 4. The second-order valence-electron chi connectivity index (χ2n) is 8.61. The standard InChI is InChI=1S/C30H30N2O3S2/c1-3-25-12-10-11-17-29(25)32(37(34,35)27-15-8-5-9-16-27)21-30(33)31-28-19-18-24(20-23(28)2)22-36-26-13-6-4-7-14-26/h4-20H,3,21-22H2,1-2H3,(H,31,33). The summed E-state index contributed by atoms with van der Waals surface area (Å²) in [6, 6.07) is 31.6. The van der Waals surface area contributed by atoms with Crippen molar-refractivity contribution in [3.8, 4) is 0 Å². The van der Waals surface area contributed by atoms with Crippen molar-refractivity contribution in [3.63, 3.8) is 0 Å². The van der Waals surface area contributed by atoms with E-state index >= 15 is 0 Å². The fourth-order valence-electron chi connectivity index (χ4n) is 4.03. The van der Waals surface area contributed by atoms with Crippen LogP contribution in [0.1, 0.15) is 23.6 Å². The third-order valence-electron chi connectivity index (χ3n) is 5.97. The molecular weight excluding hydrogens is 500 g/mol. The average molecular weight is 531 g/mol. The lowest BCUT2D eigenvalue weighted by molar-refractivity contribution is -0.114. The molecule has 0 aromatic heterocycles. The lowest BCUT2D eigenvalue weighted by Crippen LogP contribution is -2.38. The van der Waals surface area contributed by atoms with Crippen LogP contribution in [0.4, 0.5) is 11.4 Å². The second-order valence-corrected chi connectivity index (χ2v) is 11.5. The Bertz CT molecular complexity index is 1460. The molecule has 0 saturated carbocycles. The van der Waals surface area contributed by atoms with Gasteiger partial charge >= 0.3 is 0 Å². The highest BCUT2D eigenvalue weighted by molar-refractivity contribution is 7.98. The molecule has 4 aromatic carbocycles. The first kappa shape index (κ1) is 26.5. The van der Waals surface area contributed by atoms with Gasteiger partial charge in [-0.3, -0.25) is 9.10 Å². The van der Waals surface area contributed by atoms with E-state index in [-0.39, 0.29) is 11.4 Å². The van der Waals surface area contributed by atoms with E-state index in [9.17, 15) is 13.2 Å². The number of carbonyl (C=O) groups is 1. The molecule has 0 bridgehead atoms. The first-order chi connectivity index (χ1) is 17.9. The summed E-state index contributed by atoms with van der Waals surface area (Å²) in [5.74, 6) is 0.413. The van der Waals surface area contributed by atoms with Crippen molar-refractivity contribution in [2.45, 2.75) is 35.8 Å². The largest absolute Gasteiger partial charge is 0.324 e. The van der Waals surface area contributed by atoms with Crippen LogP contribution in [-0.4, -0.2) is 20.9 Å². The summed E-state index contributed by atoms with van der Waals surface area (Å²) in [7, 11) is -3.95. The predicted molar refractivity (Wildman–Crippen MR) is 153 cm³/mol. The van der Waals surface area contributed by atoms with Gasteiger partial charge in [0.15, 0.2) is 0 Å². The van der Waals surface area contributed by atoms with Gasteiger partial charge in [0.2, 0.25) is 5.91 Å². The van der Waals surface area contributed by atoms with E-state index in [0.717, 1.165) is 22.4 Å². The Morgan fingerprint density at radius 1 is 0.865 bits per heavy atom. The van der Waals surface area contributed by atoms with Crippen LogP contribution in [0.5, 0.6) is 0 Å².